The van der Waals surface area contributed by atoms with Gasteiger partial charge in [0.15, 0.2) is 0 Å². The normalized spacial score (nSPS) is 12.7. The van der Waals surface area contributed by atoms with E-state index < -0.39 is 31.7 Å². The van der Waals surface area contributed by atoms with Crippen molar-refractivity contribution < 1.29 is 21.0 Å². The summed E-state index contributed by atoms with van der Waals surface area (Å²) in [4.78, 5) is 0.154. The summed E-state index contributed by atoms with van der Waals surface area (Å²) in [5.41, 5.74) is 3.25. The van der Waals surface area contributed by atoms with Crippen molar-refractivity contribution in [1.82, 2.24) is 0 Å². The molecule has 0 aliphatic carbocycles. The van der Waals surface area contributed by atoms with E-state index in [2.05, 4.69) is 11.8 Å². The Morgan fingerprint density at radius 3 is 1.69 bits per heavy atom. The fraction of sp³-hybridized carbons (Fsp3) is 0.235. The van der Waals surface area contributed by atoms with Gasteiger partial charge in [-0.2, -0.15) is 8.42 Å². The molecule has 8 heteroatoms. The zero-order valence-electron chi connectivity index (χ0n) is 24.4. The first-order valence-corrected chi connectivity index (χ1v) is 16.4. The van der Waals surface area contributed by atoms with E-state index in [9.17, 15) is 16.8 Å². The molecule has 4 aromatic carbocycles. The van der Waals surface area contributed by atoms with Crippen molar-refractivity contribution in [3.63, 3.8) is 0 Å². The quantitative estimate of drug-likeness (QED) is 0.160. The summed E-state index contributed by atoms with van der Waals surface area (Å²) >= 11 is 0. The summed E-state index contributed by atoms with van der Waals surface area (Å²) in [6.45, 7) is 9.17. The molecule has 0 aliphatic rings. The molecule has 0 amide bonds. The van der Waals surface area contributed by atoms with Crippen LogP contribution in [0.1, 0.15) is 36.1 Å². The Kier molecular flexibility index (Phi) is 9.27. The largest absolute Gasteiger partial charge is 0.298 e. The fourth-order valence-electron chi connectivity index (χ4n) is 4.30. The zero-order valence-corrected chi connectivity index (χ0v) is 26.0. The van der Waals surface area contributed by atoms with Gasteiger partial charge in [0.25, 0.3) is 20.1 Å². The van der Waals surface area contributed by atoms with Crippen LogP contribution in [0.5, 0.6) is 0 Å². The second-order valence-corrected chi connectivity index (χ2v) is 14.2. The molecule has 4 rings (SSSR count). The highest BCUT2D eigenvalue weighted by Gasteiger charge is 2.35. The number of hydrogen-bond donors (Lipinski definition) is 0. The van der Waals surface area contributed by atoms with Crippen LogP contribution in [-0.2, 0) is 29.7 Å². The number of hydrogen-bond acceptors (Lipinski definition) is 5. The molecule has 218 valence electrons. The summed E-state index contributed by atoms with van der Waals surface area (Å²) in [6.07, 6.45) is -1.12. The first kappa shape index (κ1) is 31.0. The van der Waals surface area contributed by atoms with Crippen molar-refractivity contribution in [2.45, 2.75) is 55.9 Å². The molecule has 0 heterocycles. The van der Waals surface area contributed by atoms with E-state index >= 15 is 0 Å². The lowest BCUT2D eigenvalue weighted by atomic mass is 9.79. The first-order valence-electron chi connectivity index (χ1n) is 13.5. The van der Waals surface area contributed by atoms with Gasteiger partial charge in [-0.15, -0.1) is 0 Å². The standard InChI is InChI=1S/C34H35NO5S2/c1-26-13-19-30(20-14-26)35(41(36,37)31-21-15-27(2)16-22-31)25-9-12-33(34(4,5)29-10-7-6-8-11-29)40-42(38,39)32-23-17-28(3)18-24-32/h6-8,10-11,13-24,33H,25H2,1-5H3. The highest BCUT2D eigenvalue weighted by molar-refractivity contribution is 7.92. The first-order chi connectivity index (χ1) is 19.8. The van der Waals surface area contributed by atoms with Crippen molar-refractivity contribution in [2.75, 3.05) is 10.8 Å². The van der Waals surface area contributed by atoms with Crippen LogP contribution < -0.4 is 4.31 Å². The van der Waals surface area contributed by atoms with Gasteiger partial charge in [0.2, 0.25) is 0 Å². The lowest BCUT2D eigenvalue weighted by Crippen LogP contribution is -2.37. The predicted octanol–water partition coefficient (Wildman–Crippen LogP) is 6.56. The maximum Gasteiger partial charge on any atom is 0.298 e. The molecule has 0 N–H and O–H groups in total. The van der Waals surface area contributed by atoms with Crippen LogP contribution in [0.4, 0.5) is 5.69 Å². The zero-order chi connectivity index (χ0) is 30.5. The topological polar surface area (TPSA) is 80.8 Å². The van der Waals surface area contributed by atoms with Crippen molar-refractivity contribution in [3.05, 3.63) is 125 Å². The number of aryl methyl sites for hydroxylation is 3. The molecule has 0 aromatic heterocycles. The highest BCUT2D eigenvalue weighted by atomic mass is 32.2. The third-order valence-corrected chi connectivity index (χ3v) is 10.2. The summed E-state index contributed by atoms with van der Waals surface area (Å²) in [5.74, 6) is 5.93. The van der Waals surface area contributed by atoms with Crippen LogP contribution >= 0.6 is 0 Å². The van der Waals surface area contributed by atoms with Gasteiger partial charge in [-0.05, 0) is 62.7 Å². The van der Waals surface area contributed by atoms with Gasteiger partial charge in [0, 0.05) is 5.41 Å². The SMILES string of the molecule is Cc1ccc(N(CC#CC(OS(=O)(=O)c2ccc(C)cc2)C(C)(C)c2ccccc2)S(=O)(=O)c2ccc(C)cc2)cc1. The molecule has 0 fully saturated rings. The maximum atomic E-state index is 13.8. The fourth-order valence-corrected chi connectivity index (χ4v) is 6.80. The van der Waals surface area contributed by atoms with E-state index in [4.69, 9.17) is 4.18 Å². The summed E-state index contributed by atoms with van der Waals surface area (Å²) < 4.78 is 61.3. The smallest absolute Gasteiger partial charge is 0.254 e. The monoisotopic (exact) mass is 601 g/mol. The third kappa shape index (κ3) is 7.11. The molecular weight excluding hydrogens is 567 g/mol. The van der Waals surface area contributed by atoms with Crippen LogP contribution in [0.2, 0.25) is 0 Å². The van der Waals surface area contributed by atoms with Gasteiger partial charge in [-0.1, -0.05) is 109 Å². The number of nitrogens with zero attached hydrogens (tertiary/aromatic N) is 1. The lowest BCUT2D eigenvalue weighted by Gasteiger charge is -2.31. The van der Waals surface area contributed by atoms with Gasteiger partial charge >= 0.3 is 0 Å². The van der Waals surface area contributed by atoms with Crippen LogP contribution in [-0.4, -0.2) is 29.5 Å². The molecule has 1 unspecified atom stereocenters. The molecule has 0 saturated carbocycles. The van der Waals surface area contributed by atoms with Crippen molar-refractivity contribution in [1.29, 1.82) is 0 Å². The molecule has 0 radical (unpaired) electrons. The Morgan fingerprint density at radius 1 is 0.690 bits per heavy atom. The van der Waals surface area contributed by atoms with Crippen LogP contribution in [0.15, 0.2) is 113 Å². The predicted molar refractivity (Wildman–Crippen MR) is 167 cm³/mol. The Bertz CT molecular complexity index is 1790. The van der Waals surface area contributed by atoms with Gasteiger partial charge < -0.3 is 0 Å². The Balaban J connectivity index is 1.75. The van der Waals surface area contributed by atoms with E-state index in [1.165, 1.54) is 16.4 Å². The minimum atomic E-state index is -4.18. The van der Waals surface area contributed by atoms with Crippen molar-refractivity contribution >= 4 is 25.8 Å². The van der Waals surface area contributed by atoms with Crippen molar-refractivity contribution in [3.8, 4) is 11.8 Å². The minimum Gasteiger partial charge on any atom is -0.254 e. The summed E-state index contributed by atoms with van der Waals surface area (Å²) in [6, 6.07) is 29.5. The summed E-state index contributed by atoms with van der Waals surface area (Å²) in [5, 5.41) is 0. The molecule has 0 saturated heterocycles. The average Bonchev–Trinajstić information content (AvgIpc) is 2.96. The van der Waals surface area contributed by atoms with Gasteiger partial charge in [0.1, 0.15) is 6.10 Å². The number of rotatable bonds is 9. The van der Waals surface area contributed by atoms with Crippen molar-refractivity contribution in [2.24, 2.45) is 0 Å². The Hall–Kier alpha value is -3.90. The molecule has 0 bridgehead atoms. The molecule has 4 aromatic rings. The number of anilines is 1. The average molecular weight is 602 g/mol. The van der Waals surface area contributed by atoms with E-state index in [0.29, 0.717) is 5.69 Å². The third-order valence-electron chi connectivity index (χ3n) is 7.09. The number of sulfonamides is 1. The highest BCUT2D eigenvalue weighted by Crippen LogP contribution is 2.31. The molecular formula is C34H35NO5S2. The second kappa shape index (κ2) is 12.5. The van der Waals surface area contributed by atoms with E-state index in [-0.39, 0.29) is 16.3 Å². The Labute approximate surface area is 250 Å². The minimum absolute atomic E-state index is 0.0204. The van der Waals surface area contributed by atoms with E-state index in [0.717, 1.165) is 22.3 Å². The lowest BCUT2D eigenvalue weighted by molar-refractivity contribution is 0.184. The number of benzene rings is 4. The van der Waals surface area contributed by atoms with E-state index in [1.54, 1.807) is 48.5 Å². The molecule has 1 atom stereocenters. The van der Waals surface area contributed by atoms with Gasteiger partial charge in [-0.25, -0.2) is 12.6 Å². The van der Waals surface area contributed by atoms with Crippen LogP contribution in [0, 0.1) is 32.6 Å². The molecule has 0 aliphatic heterocycles. The second-order valence-electron chi connectivity index (χ2n) is 10.8. The molecule has 42 heavy (non-hydrogen) atoms. The Morgan fingerprint density at radius 2 is 1.17 bits per heavy atom. The maximum absolute atomic E-state index is 13.8. The molecule has 6 nitrogen and oxygen atoms in total. The van der Waals surface area contributed by atoms with Crippen LogP contribution in [0.25, 0.3) is 0 Å². The van der Waals surface area contributed by atoms with Gasteiger partial charge in [-0.3, -0.25) is 4.31 Å². The molecule has 0 spiro atoms. The van der Waals surface area contributed by atoms with E-state index in [1.807, 2.05) is 77.1 Å². The van der Waals surface area contributed by atoms with Crippen LogP contribution in [0.3, 0.4) is 0 Å². The summed E-state index contributed by atoms with van der Waals surface area (Å²) in [7, 11) is -8.16. The van der Waals surface area contributed by atoms with Gasteiger partial charge in [0.05, 0.1) is 22.0 Å².